The molecule has 2 N–H and O–H groups in total. The normalized spacial score (nSPS) is 19.4. The topological polar surface area (TPSA) is 69.6 Å². The van der Waals surface area contributed by atoms with Crippen LogP contribution in [0.5, 0.6) is 0 Å². The highest BCUT2D eigenvalue weighted by Crippen LogP contribution is 2.20. The number of amides is 1. The van der Waals surface area contributed by atoms with Crippen molar-refractivity contribution in [2.24, 2.45) is 0 Å². The molecule has 1 amide bonds. The van der Waals surface area contributed by atoms with Crippen molar-refractivity contribution in [3.8, 4) is 0 Å². The zero-order valence-corrected chi connectivity index (χ0v) is 14.7. The number of hydrogen-bond acceptors (Lipinski definition) is 3. The Kier molecular flexibility index (Phi) is 7.37. The summed E-state index contributed by atoms with van der Waals surface area (Å²) < 4.78 is 13.1. The summed E-state index contributed by atoms with van der Waals surface area (Å²) in [6, 6.07) is 5.11. The monoisotopic (exact) mass is 350 g/mol. The Morgan fingerprint density at radius 2 is 2.04 bits per heavy atom. The average molecular weight is 350 g/mol. The van der Waals surface area contributed by atoms with Crippen molar-refractivity contribution in [3.05, 3.63) is 35.6 Å². The largest absolute Gasteiger partial charge is 0.480 e. The van der Waals surface area contributed by atoms with E-state index in [2.05, 4.69) is 10.2 Å². The SMILES string of the molecule is CCCC[C@H](NC(=O)C1CCCCN1Cc1ccc(F)cc1)C(=O)O. The van der Waals surface area contributed by atoms with Gasteiger partial charge in [-0.15, -0.1) is 0 Å². The molecule has 25 heavy (non-hydrogen) atoms. The van der Waals surface area contributed by atoms with E-state index in [1.807, 2.05) is 6.92 Å². The molecule has 1 aliphatic rings. The minimum Gasteiger partial charge on any atom is -0.480 e. The first kappa shape index (κ1) is 19.4. The van der Waals surface area contributed by atoms with E-state index >= 15 is 0 Å². The number of nitrogens with zero attached hydrogens (tertiary/aromatic N) is 1. The Bertz CT molecular complexity index is 577. The van der Waals surface area contributed by atoms with Gasteiger partial charge in [0.1, 0.15) is 11.9 Å². The van der Waals surface area contributed by atoms with Gasteiger partial charge in [-0.2, -0.15) is 0 Å². The highest BCUT2D eigenvalue weighted by molar-refractivity contribution is 5.87. The Morgan fingerprint density at radius 3 is 2.68 bits per heavy atom. The third-order valence-electron chi connectivity index (χ3n) is 4.68. The molecule has 0 aromatic heterocycles. The Hall–Kier alpha value is -1.95. The molecule has 1 unspecified atom stereocenters. The van der Waals surface area contributed by atoms with Crippen molar-refractivity contribution in [1.82, 2.24) is 10.2 Å². The lowest BCUT2D eigenvalue weighted by molar-refractivity contribution is -0.143. The number of piperidine rings is 1. The second-order valence-corrected chi connectivity index (χ2v) is 6.65. The molecular weight excluding hydrogens is 323 g/mol. The van der Waals surface area contributed by atoms with E-state index in [0.29, 0.717) is 19.4 Å². The standard InChI is InChI=1S/C19H27FN2O3/c1-2-3-6-16(19(24)25)21-18(23)17-7-4-5-12-22(17)13-14-8-10-15(20)11-9-14/h8-11,16-17H,2-7,12-13H2,1H3,(H,21,23)(H,24,25)/t16-,17?/m0/s1. The maximum absolute atomic E-state index is 13.1. The van der Waals surface area contributed by atoms with Crippen LogP contribution in [0.4, 0.5) is 4.39 Å². The van der Waals surface area contributed by atoms with Crippen LogP contribution in [0.1, 0.15) is 51.0 Å². The van der Waals surface area contributed by atoms with Crippen LogP contribution in [0.3, 0.4) is 0 Å². The van der Waals surface area contributed by atoms with Crippen molar-refractivity contribution < 1.29 is 19.1 Å². The fourth-order valence-corrected chi connectivity index (χ4v) is 3.24. The minimum absolute atomic E-state index is 0.217. The zero-order chi connectivity index (χ0) is 18.2. The van der Waals surface area contributed by atoms with E-state index in [-0.39, 0.29) is 17.8 Å². The average Bonchev–Trinajstić information content (AvgIpc) is 2.60. The van der Waals surface area contributed by atoms with E-state index in [0.717, 1.165) is 37.8 Å². The van der Waals surface area contributed by atoms with Gasteiger partial charge >= 0.3 is 5.97 Å². The summed E-state index contributed by atoms with van der Waals surface area (Å²) in [4.78, 5) is 26.1. The molecule has 0 bridgehead atoms. The molecule has 0 radical (unpaired) electrons. The Labute approximate surface area is 148 Å². The van der Waals surface area contributed by atoms with Gasteiger partial charge < -0.3 is 10.4 Å². The summed E-state index contributed by atoms with van der Waals surface area (Å²) in [5, 5.41) is 12.0. The van der Waals surface area contributed by atoms with E-state index in [9.17, 15) is 19.1 Å². The zero-order valence-electron chi connectivity index (χ0n) is 14.7. The summed E-state index contributed by atoms with van der Waals surface area (Å²) in [5.41, 5.74) is 0.946. The lowest BCUT2D eigenvalue weighted by Crippen LogP contribution is -2.53. The number of halogens is 1. The molecule has 5 nitrogen and oxygen atoms in total. The molecule has 1 aromatic carbocycles. The van der Waals surface area contributed by atoms with Crippen molar-refractivity contribution >= 4 is 11.9 Å². The first-order valence-corrected chi connectivity index (χ1v) is 9.03. The lowest BCUT2D eigenvalue weighted by atomic mass is 9.99. The number of carbonyl (C=O) groups excluding carboxylic acids is 1. The van der Waals surface area contributed by atoms with E-state index < -0.39 is 12.0 Å². The van der Waals surface area contributed by atoms with Crippen LogP contribution in [0.2, 0.25) is 0 Å². The van der Waals surface area contributed by atoms with Crippen LogP contribution in [0.25, 0.3) is 0 Å². The summed E-state index contributed by atoms with van der Waals surface area (Å²) in [6.45, 7) is 3.33. The van der Waals surface area contributed by atoms with Gasteiger partial charge in [0.15, 0.2) is 0 Å². The van der Waals surface area contributed by atoms with Gasteiger partial charge in [0, 0.05) is 6.54 Å². The van der Waals surface area contributed by atoms with E-state index in [1.165, 1.54) is 12.1 Å². The quantitative estimate of drug-likeness (QED) is 0.756. The highest BCUT2D eigenvalue weighted by atomic mass is 19.1. The number of unbranched alkanes of at least 4 members (excludes halogenated alkanes) is 1. The van der Waals surface area contributed by atoms with Gasteiger partial charge in [0.25, 0.3) is 0 Å². The summed E-state index contributed by atoms with van der Waals surface area (Å²) >= 11 is 0. The molecule has 2 rings (SSSR count). The molecule has 1 aromatic rings. The number of hydrogen-bond donors (Lipinski definition) is 2. The van der Waals surface area contributed by atoms with Gasteiger partial charge in [0.05, 0.1) is 6.04 Å². The first-order chi connectivity index (χ1) is 12.0. The molecule has 2 atom stereocenters. The number of aliphatic carboxylic acids is 1. The number of rotatable bonds is 8. The molecule has 0 spiro atoms. The van der Waals surface area contributed by atoms with Crippen LogP contribution in [0.15, 0.2) is 24.3 Å². The van der Waals surface area contributed by atoms with Gasteiger partial charge in [-0.1, -0.05) is 38.3 Å². The van der Waals surface area contributed by atoms with Crippen LogP contribution in [0, 0.1) is 5.82 Å². The molecule has 1 aliphatic heterocycles. The predicted octanol–water partition coefficient (Wildman–Crippen LogP) is 2.94. The highest BCUT2D eigenvalue weighted by Gasteiger charge is 2.31. The minimum atomic E-state index is -0.984. The molecule has 1 saturated heterocycles. The third kappa shape index (κ3) is 5.81. The van der Waals surface area contributed by atoms with Gasteiger partial charge in [-0.3, -0.25) is 9.69 Å². The van der Waals surface area contributed by atoms with Gasteiger partial charge in [-0.05, 0) is 43.5 Å². The van der Waals surface area contributed by atoms with E-state index in [1.54, 1.807) is 12.1 Å². The second kappa shape index (κ2) is 9.51. The van der Waals surface area contributed by atoms with Crippen molar-refractivity contribution in [2.75, 3.05) is 6.54 Å². The fourth-order valence-electron chi connectivity index (χ4n) is 3.24. The Balaban J connectivity index is 2.01. The van der Waals surface area contributed by atoms with Crippen molar-refractivity contribution in [1.29, 1.82) is 0 Å². The first-order valence-electron chi connectivity index (χ1n) is 9.03. The lowest BCUT2D eigenvalue weighted by Gasteiger charge is -2.35. The summed E-state index contributed by atoms with van der Waals surface area (Å²) in [5.74, 6) is -1.48. The summed E-state index contributed by atoms with van der Waals surface area (Å²) in [6.07, 6.45) is 4.77. The van der Waals surface area contributed by atoms with Crippen LogP contribution >= 0.6 is 0 Å². The predicted molar refractivity (Wildman–Crippen MR) is 93.5 cm³/mol. The molecule has 6 heteroatoms. The Morgan fingerprint density at radius 1 is 1.32 bits per heavy atom. The fraction of sp³-hybridized carbons (Fsp3) is 0.579. The van der Waals surface area contributed by atoms with Crippen molar-refractivity contribution in [3.63, 3.8) is 0 Å². The third-order valence-corrected chi connectivity index (χ3v) is 4.68. The van der Waals surface area contributed by atoms with Gasteiger partial charge in [0.2, 0.25) is 5.91 Å². The number of carboxylic acid groups (broad SMARTS) is 1. The number of carboxylic acids is 1. The molecular formula is C19H27FN2O3. The molecule has 1 fully saturated rings. The molecule has 0 saturated carbocycles. The maximum atomic E-state index is 13.1. The van der Waals surface area contributed by atoms with Crippen LogP contribution in [-0.4, -0.2) is 40.5 Å². The van der Waals surface area contributed by atoms with Gasteiger partial charge in [-0.25, -0.2) is 9.18 Å². The van der Waals surface area contributed by atoms with Crippen molar-refractivity contribution in [2.45, 2.75) is 64.1 Å². The maximum Gasteiger partial charge on any atom is 0.326 e. The van der Waals surface area contributed by atoms with E-state index in [4.69, 9.17) is 0 Å². The van der Waals surface area contributed by atoms with Crippen LogP contribution in [-0.2, 0) is 16.1 Å². The number of carbonyl (C=O) groups is 2. The number of nitrogens with one attached hydrogen (secondary N) is 1. The smallest absolute Gasteiger partial charge is 0.326 e. The second-order valence-electron chi connectivity index (χ2n) is 6.65. The summed E-state index contributed by atoms with van der Waals surface area (Å²) in [7, 11) is 0. The molecule has 1 heterocycles. The molecule has 0 aliphatic carbocycles. The number of benzene rings is 1. The number of likely N-dealkylation sites (tertiary alicyclic amines) is 1. The van der Waals surface area contributed by atoms with Crippen LogP contribution < -0.4 is 5.32 Å². The molecule has 138 valence electrons.